The Morgan fingerprint density at radius 3 is 2.48 bits per heavy atom. The van der Waals surface area contributed by atoms with E-state index in [9.17, 15) is 4.79 Å². The third kappa shape index (κ3) is 4.98. The van der Waals surface area contributed by atoms with Crippen LogP contribution in [0.2, 0.25) is 0 Å². The van der Waals surface area contributed by atoms with E-state index in [1.54, 1.807) is 12.4 Å². The second kappa shape index (κ2) is 9.11. The number of amides is 1. The van der Waals surface area contributed by atoms with Gasteiger partial charge < -0.3 is 9.64 Å². The second-order valence-corrected chi connectivity index (χ2v) is 5.97. The summed E-state index contributed by atoms with van der Waals surface area (Å²) in [7, 11) is 0. The molecule has 2 rings (SSSR count). The highest BCUT2D eigenvalue weighted by molar-refractivity contribution is 5.77. The molecule has 0 saturated carbocycles. The van der Waals surface area contributed by atoms with Crippen LogP contribution in [0, 0.1) is 13.8 Å². The summed E-state index contributed by atoms with van der Waals surface area (Å²) in [5.41, 5.74) is 2.49. The maximum atomic E-state index is 12.4. The Bertz CT molecular complexity index is 698. The van der Waals surface area contributed by atoms with Crippen LogP contribution in [-0.4, -0.2) is 45.5 Å². The maximum absolute atomic E-state index is 12.4. The van der Waals surface area contributed by atoms with Crippen molar-refractivity contribution in [1.82, 2.24) is 19.9 Å². The van der Waals surface area contributed by atoms with Gasteiger partial charge in [-0.1, -0.05) is 13.8 Å². The molecule has 134 valence electrons. The van der Waals surface area contributed by atoms with Gasteiger partial charge in [0.2, 0.25) is 5.88 Å². The van der Waals surface area contributed by atoms with E-state index in [-0.39, 0.29) is 12.5 Å². The number of pyridine rings is 1. The number of hydrogen-bond acceptors (Lipinski definition) is 5. The molecule has 0 radical (unpaired) electrons. The van der Waals surface area contributed by atoms with E-state index >= 15 is 0 Å². The van der Waals surface area contributed by atoms with Crippen molar-refractivity contribution >= 4 is 5.91 Å². The van der Waals surface area contributed by atoms with E-state index in [1.807, 2.05) is 30.9 Å². The van der Waals surface area contributed by atoms with Gasteiger partial charge in [0, 0.05) is 42.3 Å². The van der Waals surface area contributed by atoms with E-state index < -0.39 is 0 Å². The molecule has 2 aromatic heterocycles. The molecular weight excluding hydrogens is 316 g/mol. The predicted octanol–water partition coefficient (Wildman–Crippen LogP) is 3.18. The molecule has 0 fully saturated rings. The molecule has 2 aromatic rings. The molecule has 0 unspecified atom stereocenters. The molecule has 0 saturated heterocycles. The molecule has 0 atom stereocenters. The molecule has 2 heterocycles. The van der Waals surface area contributed by atoms with Gasteiger partial charge in [0.25, 0.3) is 5.91 Å². The fraction of sp³-hybridized carbons (Fsp3) is 0.474. The zero-order valence-electron chi connectivity index (χ0n) is 15.5. The summed E-state index contributed by atoms with van der Waals surface area (Å²) in [5.74, 6) is 0.993. The predicted molar refractivity (Wildman–Crippen MR) is 97.4 cm³/mol. The van der Waals surface area contributed by atoms with Crippen LogP contribution in [0.25, 0.3) is 11.4 Å². The van der Waals surface area contributed by atoms with E-state index in [0.29, 0.717) is 11.7 Å². The van der Waals surface area contributed by atoms with E-state index in [0.717, 1.165) is 42.8 Å². The fourth-order valence-corrected chi connectivity index (χ4v) is 2.49. The van der Waals surface area contributed by atoms with Crippen molar-refractivity contribution in [3.05, 3.63) is 35.8 Å². The van der Waals surface area contributed by atoms with Gasteiger partial charge in [-0.2, -0.15) is 4.98 Å². The Morgan fingerprint density at radius 1 is 1.16 bits per heavy atom. The van der Waals surface area contributed by atoms with Gasteiger partial charge in [0.15, 0.2) is 12.4 Å². The van der Waals surface area contributed by atoms with Crippen molar-refractivity contribution in [2.24, 2.45) is 0 Å². The lowest BCUT2D eigenvalue weighted by molar-refractivity contribution is -0.133. The smallest absolute Gasteiger partial charge is 0.260 e. The van der Waals surface area contributed by atoms with E-state index in [2.05, 4.69) is 28.8 Å². The molecule has 0 spiro atoms. The van der Waals surface area contributed by atoms with Crippen molar-refractivity contribution in [2.75, 3.05) is 19.7 Å². The first-order valence-corrected chi connectivity index (χ1v) is 8.73. The lowest BCUT2D eigenvalue weighted by atomic mass is 10.2. The molecule has 0 aliphatic rings. The van der Waals surface area contributed by atoms with Crippen LogP contribution in [0.3, 0.4) is 0 Å². The van der Waals surface area contributed by atoms with Crippen molar-refractivity contribution in [3.8, 4) is 17.3 Å². The normalized spacial score (nSPS) is 10.6. The quantitative estimate of drug-likeness (QED) is 0.737. The minimum absolute atomic E-state index is 0.0101. The summed E-state index contributed by atoms with van der Waals surface area (Å²) in [6, 6.07) is 3.74. The van der Waals surface area contributed by atoms with Gasteiger partial charge >= 0.3 is 0 Å². The monoisotopic (exact) mass is 342 g/mol. The minimum Gasteiger partial charge on any atom is -0.467 e. The zero-order chi connectivity index (χ0) is 18.2. The molecule has 6 heteroatoms. The second-order valence-electron chi connectivity index (χ2n) is 5.97. The van der Waals surface area contributed by atoms with Crippen molar-refractivity contribution in [3.63, 3.8) is 0 Å². The number of hydrogen-bond donors (Lipinski definition) is 0. The average molecular weight is 342 g/mol. The van der Waals surface area contributed by atoms with Crippen LogP contribution in [0.5, 0.6) is 5.88 Å². The highest BCUT2D eigenvalue weighted by atomic mass is 16.5. The number of carbonyl (C=O) groups is 1. The third-order valence-electron chi connectivity index (χ3n) is 3.94. The van der Waals surface area contributed by atoms with Crippen LogP contribution in [0.4, 0.5) is 0 Å². The minimum atomic E-state index is -0.0118. The highest BCUT2D eigenvalue weighted by Gasteiger charge is 2.16. The summed E-state index contributed by atoms with van der Waals surface area (Å²) in [5, 5.41) is 0. The Labute approximate surface area is 149 Å². The largest absolute Gasteiger partial charge is 0.467 e. The SMILES string of the molecule is CCCN(CCC)C(=O)COc1nc(-c2cccnc2)nc(C)c1C. The van der Waals surface area contributed by atoms with Gasteiger partial charge in [0.05, 0.1) is 0 Å². The number of carbonyl (C=O) groups excluding carboxylic acids is 1. The van der Waals surface area contributed by atoms with Gasteiger partial charge in [0.1, 0.15) is 0 Å². The standard InChI is InChI=1S/C19H26N4O2/c1-5-10-23(11-6-2)17(24)13-25-19-14(3)15(4)21-18(22-19)16-8-7-9-20-12-16/h7-9,12H,5-6,10-11,13H2,1-4H3. The number of aromatic nitrogens is 3. The maximum Gasteiger partial charge on any atom is 0.260 e. The summed E-state index contributed by atoms with van der Waals surface area (Å²) in [6.45, 7) is 9.43. The molecular formula is C19H26N4O2. The topological polar surface area (TPSA) is 68.2 Å². The first kappa shape index (κ1) is 18.8. The third-order valence-corrected chi connectivity index (χ3v) is 3.94. The van der Waals surface area contributed by atoms with Crippen LogP contribution >= 0.6 is 0 Å². The molecule has 0 aromatic carbocycles. The molecule has 1 amide bonds. The Balaban J connectivity index is 2.16. The number of nitrogens with zero attached hydrogens (tertiary/aromatic N) is 4. The van der Waals surface area contributed by atoms with E-state index in [4.69, 9.17) is 4.74 Å². The fourth-order valence-electron chi connectivity index (χ4n) is 2.49. The van der Waals surface area contributed by atoms with E-state index in [1.165, 1.54) is 0 Å². The summed E-state index contributed by atoms with van der Waals surface area (Å²) < 4.78 is 5.75. The zero-order valence-corrected chi connectivity index (χ0v) is 15.5. The van der Waals surface area contributed by atoms with Crippen LogP contribution < -0.4 is 4.74 Å². The van der Waals surface area contributed by atoms with Crippen LogP contribution in [-0.2, 0) is 4.79 Å². The average Bonchev–Trinajstić information content (AvgIpc) is 2.63. The summed E-state index contributed by atoms with van der Waals surface area (Å²) in [6.07, 6.45) is 5.28. The Hall–Kier alpha value is -2.50. The lowest BCUT2D eigenvalue weighted by Gasteiger charge is -2.21. The lowest BCUT2D eigenvalue weighted by Crippen LogP contribution is -2.36. The number of ether oxygens (including phenoxy) is 1. The molecule has 0 aliphatic carbocycles. The van der Waals surface area contributed by atoms with Gasteiger partial charge in [-0.25, -0.2) is 4.98 Å². The first-order chi connectivity index (χ1) is 12.1. The van der Waals surface area contributed by atoms with Gasteiger partial charge in [-0.3, -0.25) is 9.78 Å². The van der Waals surface area contributed by atoms with Crippen molar-refractivity contribution in [2.45, 2.75) is 40.5 Å². The van der Waals surface area contributed by atoms with Crippen LogP contribution in [0.1, 0.15) is 37.9 Å². The van der Waals surface area contributed by atoms with Gasteiger partial charge in [-0.15, -0.1) is 0 Å². The molecule has 0 aliphatic heterocycles. The van der Waals surface area contributed by atoms with Crippen molar-refractivity contribution < 1.29 is 9.53 Å². The molecule has 25 heavy (non-hydrogen) atoms. The number of aryl methyl sites for hydroxylation is 1. The van der Waals surface area contributed by atoms with Crippen LogP contribution in [0.15, 0.2) is 24.5 Å². The highest BCUT2D eigenvalue weighted by Crippen LogP contribution is 2.22. The number of rotatable bonds is 8. The molecule has 0 bridgehead atoms. The summed E-state index contributed by atoms with van der Waals surface area (Å²) >= 11 is 0. The Kier molecular flexibility index (Phi) is 6.86. The molecule has 6 nitrogen and oxygen atoms in total. The molecule has 0 N–H and O–H groups in total. The van der Waals surface area contributed by atoms with Gasteiger partial charge in [-0.05, 0) is 38.8 Å². The summed E-state index contributed by atoms with van der Waals surface area (Å²) in [4.78, 5) is 27.3. The first-order valence-electron chi connectivity index (χ1n) is 8.73. The van der Waals surface area contributed by atoms with Crippen molar-refractivity contribution in [1.29, 1.82) is 0 Å². The Morgan fingerprint density at radius 2 is 1.88 bits per heavy atom.